The Morgan fingerprint density at radius 2 is 1.32 bits per heavy atom. The molecular weight excluding hydrogens is 436 g/mol. The van der Waals surface area contributed by atoms with Crippen LogP contribution in [0.2, 0.25) is 0 Å². The Bertz CT molecular complexity index is 977. The minimum Gasteiger partial charge on any atom is -0.489 e. The Morgan fingerprint density at radius 1 is 0.794 bits per heavy atom. The summed E-state index contributed by atoms with van der Waals surface area (Å²) in [5.74, 6) is -5.70. The number of carbonyl (C=O) groups is 4. The van der Waals surface area contributed by atoms with Gasteiger partial charge in [0.05, 0.1) is 13.2 Å². The second kappa shape index (κ2) is 12.7. The van der Waals surface area contributed by atoms with Crippen LogP contribution in [0.1, 0.15) is 50.3 Å². The molecule has 0 aliphatic carbocycles. The molecule has 0 aromatic heterocycles. The van der Waals surface area contributed by atoms with Gasteiger partial charge in [-0.15, -0.1) is 0 Å². The molecule has 34 heavy (non-hydrogen) atoms. The van der Waals surface area contributed by atoms with Crippen molar-refractivity contribution in [3.63, 3.8) is 0 Å². The van der Waals surface area contributed by atoms with Gasteiger partial charge in [0.2, 0.25) is 0 Å². The van der Waals surface area contributed by atoms with E-state index in [-0.39, 0.29) is 13.2 Å². The number of hydrogen-bond acceptors (Lipinski definition) is 7. The average molecular weight is 469 g/mol. The lowest BCUT2D eigenvalue weighted by atomic mass is 9.73. The zero-order valence-electron chi connectivity index (χ0n) is 20.3. The number of rotatable bonds is 12. The lowest BCUT2D eigenvalue weighted by Gasteiger charge is -2.29. The van der Waals surface area contributed by atoms with Gasteiger partial charge in [-0.05, 0) is 57.4 Å². The molecule has 0 aliphatic rings. The van der Waals surface area contributed by atoms with Crippen LogP contribution in [0.25, 0.3) is 0 Å². The fraction of sp³-hybridized carbons (Fsp3) is 0.407. The first-order valence-electron chi connectivity index (χ1n) is 11.3. The van der Waals surface area contributed by atoms with E-state index < -0.39 is 41.3 Å². The highest BCUT2D eigenvalue weighted by Gasteiger charge is 2.45. The third kappa shape index (κ3) is 6.76. The zero-order chi connectivity index (χ0) is 25.3. The van der Waals surface area contributed by atoms with Crippen molar-refractivity contribution < 1.29 is 33.4 Å². The first-order chi connectivity index (χ1) is 16.2. The fourth-order valence-corrected chi connectivity index (χ4v) is 3.95. The van der Waals surface area contributed by atoms with Crippen molar-refractivity contribution in [2.75, 3.05) is 13.2 Å². The van der Waals surface area contributed by atoms with Crippen LogP contribution in [0.5, 0.6) is 5.75 Å². The summed E-state index contributed by atoms with van der Waals surface area (Å²) in [5, 5.41) is 0. The summed E-state index contributed by atoms with van der Waals surface area (Å²) in [7, 11) is 0. The summed E-state index contributed by atoms with van der Waals surface area (Å²) in [6.07, 6.45) is 0. The van der Waals surface area contributed by atoms with E-state index >= 15 is 0 Å². The Kier molecular flexibility index (Phi) is 9.98. The molecule has 2 aromatic rings. The van der Waals surface area contributed by atoms with Crippen LogP contribution in [0.3, 0.4) is 0 Å². The molecule has 7 nitrogen and oxygen atoms in total. The van der Waals surface area contributed by atoms with Crippen molar-refractivity contribution in [3.8, 4) is 5.75 Å². The van der Waals surface area contributed by atoms with Crippen molar-refractivity contribution in [1.82, 2.24) is 0 Å². The van der Waals surface area contributed by atoms with Crippen LogP contribution in [0.15, 0.2) is 48.5 Å². The van der Waals surface area contributed by atoms with Gasteiger partial charge in [0.25, 0.3) is 0 Å². The number of hydrogen-bond donors (Lipinski definition) is 0. The van der Waals surface area contributed by atoms with Gasteiger partial charge in [-0.2, -0.15) is 0 Å². The van der Waals surface area contributed by atoms with E-state index in [9.17, 15) is 19.2 Å². The third-order valence-corrected chi connectivity index (χ3v) is 5.50. The molecule has 2 rings (SSSR count). The molecule has 182 valence electrons. The molecule has 0 fully saturated rings. The topological polar surface area (TPSA) is 96.0 Å². The Hall–Kier alpha value is -3.48. The summed E-state index contributed by atoms with van der Waals surface area (Å²) >= 11 is 0. The van der Waals surface area contributed by atoms with E-state index in [4.69, 9.17) is 14.2 Å². The van der Waals surface area contributed by atoms with Gasteiger partial charge in [-0.1, -0.05) is 42.5 Å². The molecule has 0 saturated carbocycles. The van der Waals surface area contributed by atoms with Crippen LogP contribution in [-0.2, 0) is 35.3 Å². The highest BCUT2D eigenvalue weighted by molar-refractivity contribution is 6.04. The Morgan fingerprint density at radius 3 is 1.76 bits per heavy atom. The number of Topliss-reactive ketones (excluding diaryl/α,β-unsaturated/α-hetero) is 2. The molecule has 0 spiro atoms. The van der Waals surface area contributed by atoms with Crippen molar-refractivity contribution in [2.24, 2.45) is 11.8 Å². The van der Waals surface area contributed by atoms with Gasteiger partial charge >= 0.3 is 11.9 Å². The number of carbonyl (C=O) groups excluding carboxylic acids is 4. The minimum atomic E-state index is -1.34. The van der Waals surface area contributed by atoms with Gasteiger partial charge in [0.15, 0.2) is 0 Å². The highest BCUT2D eigenvalue weighted by atomic mass is 16.5. The van der Waals surface area contributed by atoms with E-state index in [1.807, 2.05) is 37.3 Å². The third-order valence-electron chi connectivity index (χ3n) is 5.50. The van der Waals surface area contributed by atoms with Gasteiger partial charge in [0.1, 0.15) is 35.8 Å². The van der Waals surface area contributed by atoms with Gasteiger partial charge in [-0.25, -0.2) is 0 Å². The van der Waals surface area contributed by atoms with Crippen molar-refractivity contribution in [2.45, 2.75) is 47.1 Å². The maximum Gasteiger partial charge on any atom is 0.317 e. The van der Waals surface area contributed by atoms with Crippen LogP contribution >= 0.6 is 0 Å². The van der Waals surface area contributed by atoms with Crippen LogP contribution in [0.4, 0.5) is 0 Å². The van der Waals surface area contributed by atoms with Gasteiger partial charge in [-0.3, -0.25) is 19.2 Å². The molecule has 0 bridgehead atoms. The average Bonchev–Trinajstić information content (AvgIpc) is 2.78. The summed E-state index contributed by atoms with van der Waals surface area (Å²) in [4.78, 5) is 50.8. The Balaban J connectivity index is 2.51. The lowest BCUT2D eigenvalue weighted by molar-refractivity contribution is -0.157. The molecule has 2 aromatic carbocycles. The SMILES string of the molecule is CCOC(=O)[C@@H](C(C)=O)C(c1ccc(OCc2ccccc2)c(C)c1)[C@@H](C(C)=O)C(=O)OCC. The standard InChI is InChI=1S/C27H32O7/c1-6-32-26(30)23(18(4)28)25(24(19(5)29)27(31)33-7-2)21-13-14-22(17(3)15-21)34-16-20-11-9-8-10-12-20/h8-15,23-25H,6-7,16H2,1-5H3/t23-,24+,25?. The normalized spacial score (nSPS) is 13.3. The molecule has 0 N–H and O–H groups in total. The van der Waals surface area contributed by atoms with E-state index in [0.717, 1.165) is 11.1 Å². The van der Waals surface area contributed by atoms with E-state index in [0.29, 0.717) is 17.9 Å². The molecule has 7 heteroatoms. The first kappa shape index (κ1) is 26.8. The van der Waals surface area contributed by atoms with Crippen LogP contribution < -0.4 is 4.74 Å². The number of benzene rings is 2. The first-order valence-corrected chi connectivity index (χ1v) is 11.3. The van der Waals surface area contributed by atoms with Gasteiger partial charge < -0.3 is 14.2 Å². The van der Waals surface area contributed by atoms with E-state index in [1.54, 1.807) is 32.0 Å². The summed E-state index contributed by atoms with van der Waals surface area (Å²) in [6.45, 7) is 8.06. The molecule has 0 amide bonds. The summed E-state index contributed by atoms with van der Waals surface area (Å²) in [6, 6.07) is 14.8. The van der Waals surface area contributed by atoms with Crippen molar-refractivity contribution >= 4 is 23.5 Å². The van der Waals surface area contributed by atoms with Crippen LogP contribution in [-0.4, -0.2) is 36.7 Å². The quantitative estimate of drug-likeness (QED) is 0.340. The smallest absolute Gasteiger partial charge is 0.317 e. The Labute approximate surface area is 200 Å². The number of ketones is 2. The van der Waals surface area contributed by atoms with E-state index in [1.165, 1.54) is 13.8 Å². The number of ether oxygens (including phenoxy) is 3. The maximum absolute atomic E-state index is 12.8. The lowest BCUT2D eigenvalue weighted by Crippen LogP contribution is -2.40. The van der Waals surface area contributed by atoms with E-state index in [2.05, 4.69) is 0 Å². The van der Waals surface area contributed by atoms with Crippen LogP contribution in [0, 0.1) is 18.8 Å². The van der Waals surface area contributed by atoms with Gasteiger partial charge in [0, 0.05) is 5.92 Å². The largest absolute Gasteiger partial charge is 0.489 e. The summed E-state index contributed by atoms with van der Waals surface area (Å²) < 4.78 is 16.2. The number of aryl methyl sites for hydroxylation is 1. The van der Waals surface area contributed by atoms with Crippen molar-refractivity contribution in [3.05, 3.63) is 65.2 Å². The second-order valence-corrected chi connectivity index (χ2v) is 8.01. The second-order valence-electron chi connectivity index (χ2n) is 8.01. The zero-order valence-corrected chi connectivity index (χ0v) is 20.3. The fourth-order valence-electron chi connectivity index (χ4n) is 3.95. The minimum absolute atomic E-state index is 0.0603. The number of esters is 2. The molecule has 0 heterocycles. The van der Waals surface area contributed by atoms with Crippen molar-refractivity contribution in [1.29, 1.82) is 0 Å². The summed E-state index contributed by atoms with van der Waals surface area (Å²) in [5.41, 5.74) is 2.21. The highest BCUT2D eigenvalue weighted by Crippen LogP contribution is 2.37. The molecule has 1 unspecified atom stereocenters. The molecule has 0 radical (unpaired) electrons. The molecular formula is C27H32O7. The molecule has 3 atom stereocenters. The predicted molar refractivity (Wildman–Crippen MR) is 126 cm³/mol. The molecule has 0 aliphatic heterocycles. The monoisotopic (exact) mass is 468 g/mol. The maximum atomic E-state index is 12.8. The molecule has 0 saturated heterocycles. The predicted octanol–water partition coefficient (Wildman–Crippen LogP) is 4.19.